The van der Waals surface area contributed by atoms with E-state index in [1.807, 2.05) is 32.2 Å². The van der Waals surface area contributed by atoms with E-state index >= 15 is 0 Å². The molecule has 2 aromatic rings. The fraction of sp³-hybridized carbons (Fsp3) is 0.273. The van der Waals surface area contributed by atoms with E-state index < -0.39 is 0 Å². The van der Waals surface area contributed by atoms with Crippen LogP contribution in [0.4, 0.5) is 0 Å². The average Bonchev–Trinajstić information content (AvgIpc) is 2.79. The van der Waals surface area contributed by atoms with Crippen LogP contribution in [0.3, 0.4) is 0 Å². The molecular weight excluding hydrogens is 258 g/mol. The molecule has 0 aliphatic heterocycles. The maximum absolute atomic E-state index is 5.57. The Morgan fingerprint density at radius 2 is 2.13 bits per heavy atom. The zero-order chi connectivity index (χ0) is 10.8. The topological polar surface area (TPSA) is 38.3 Å². The number of nitrogens with one attached hydrogen (secondary N) is 1. The Hall–Kier alpha value is -1.00. The monoisotopic (exact) mass is 269 g/mol. The smallest absolute Gasteiger partial charge is 0.142 e. The van der Waals surface area contributed by atoms with Crippen LogP contribution in [-0.2, 0) is 0 Å². The van der Waals surface area contributed by atoms with Crippen LogP contribution >= 0.6 is 15.9 Å². The summed E-state index contributed by atoms with van der Waals surface area (Å²) in [5.41, 5.74) is 0. The normalized spacial score (nSPS) is 13.0. The van der Waals surface area contributed by atoms with Gasteiger partial charge in [-0.2, -0.15) is 0 Å². The van der Waals surface area contributed by atoms with Crippen LogP contribution in [0.5, 0.6) is 0 Å². The van der Waals surface area contributed by atoms with Gasteiger partial charge in [-0.1, -0.05) is 0 Å². The third kappa shape index (κ3) is 2.01. The first-order valence-electron chi connectivity index (χ1n) is 4.69. The molecule has 0 spiro atoms. The maximum Gasteiger partial charge on any atom is 0.142 e. The van der Waals surface area contributed by atoms with Gasteiger partial charge in [0.05, 0.1) is 10.7 Å². The molecule has 2 rings (SSSR count). The van der Waals surface area contributed by atoms with Gasteiger partial charge >= 0.3 is 0 Å². The van der Waals surface area contributed by atoms with Gasteiger partial charge in [0.15, 0.2) is 0 Å². The van der Waals surface area contributed by atoms with E-state index in [0.29, 0.717) is 0 Å². The van der Waals surface area contributed by atoms with Gasteiger partial charge in [0.1, 0.15) is 23.3 Å². The Morgan fingerprint density at radius 3 is 2.60 bits per heavy atom. The highest BCUT2D eigenvalue weighted by Crippen LogP contribution is 2.30. The van der Waals surface area contributed by atoms with Crippen molar-refractivity contribution in [1.29, 1.82) is 0 Å². The maximum atomic E-state index is 5.57. The number of furan rings is 2. The van der Waals surface area contributed by atoms with Crippen molar-refractivity contribution < 1.29 is 8.83 Å². The molecule has 2 heterocycles. The number of hydrogen-bond donors (Lipinski definition) is 1. The summed E-state index contributed by atoms with van der Waals surface area (Å²) in [6.45, 7) is 1.92. The van der Waals surface area contributed by atoms with E-state index in [1.165, 1.54) is 0 Å². The van der Waals surface area contributed by atoms with Gasteiger partial charge < -0.3 is 14.2 Å². The lowest BCUT2D eigenvalue weighted by Gasteiger charge is -2.11. The van der Waals surface area contributed by atoms with Crippen molar-refractivity contribution in [3.8, 4) is 0 Å². The zero-order valence-electron chi connectivity index (χ0n) is 8.58. The largest absolute Gasteiger partial charge is 0.466 e. The standard InChI is InChI=1S/C11H12BrNO2/c1-7-3-4-9(15-7)10(13-2)11-8(12)5-6-14-11/h3-6,10,13H,1-2H3. The minimum absolute atomic E-state index is 0.0527. The van der Waals surface area contributed by atoms with E-state index in [2.05, 4.69) is 21.2 Å². The second-order valence-electron chi connectivity index (χ2n) is 3.30. The van der Waals surface area contributed by atoms with Gasteiger partial charge in [-0.15, -0.1) is 0 Å². The first kappa shape index (κ1) is 10.5. The summed E-state index contributed by atoms with van der Waals surface area (Å²) in [7, 11) is 1.87. The summed E-state index contributed by atoms with van der Waals surface area (Å²) in [6.07, 6.45) is 1.65. The second kappa shape index (κ2) is 4.24. The summed E-state index contributed by atoms with van der Waals surface area (Å²) >= 11 is 3.44. The van der Waals surface area contributed by atoms with E-state index in [0.717, 1.165) is 21.8 Å². The highest BCUT2D eigenvalue weighted by Gasteiger charge is 2.20. The molecule has 1 unspecified atom stereocenters. The summed E-state index contributed by atoms with van der Waals surface area (Å²) in [6, 6.07) is 5.71. The molecule has 0 amide bonds. The highest BCUT2D eigenvalue weighted by molar-refractivity contribution is 9.10. The molecule has 1 N–H and O–H groups in total. The van der Waals surface area contributed by atoms with Crippen LogP contribution in [0, 0.1) is 6.92 Å². The Labute approximate surface area is 96.6 Å². The SMILES string of the molecule is CNC(c1ccc(C)o1)c1occc1Br. The molecule has 0 saturated heterocycles. The zero-order valence-corrected chi connectivity index (χ0v) is 10.2. The van der Waals surface area contributed by atoms with Crippen LogP contribution in [-0.4, -0.2) is 7.05 Å². The van der Waals surface area contributed by atoms with Gasteiger partial charge in [-0.05, 0) is 48.1 Å². The minimum Gasteiger partial charge on any atom is -0.466 e. The summed E-state index contributed by atoms with van der Waals surface area (Å²) < 4.78 is 11.9. The number of hydrogen-bond acceptors (Lipinski definition) is 3. The van der Waals surface area contributed by atoms with Crippen molar-refractivity contribution >= 4 is 15.9 Å². The van der Waals surface area contributed by atoms with Crippen molar-refractivity contribution in [2.45, 2.75) is 13.0 Å². The Kier molecular flexibility index (Phi) is 2.98. The molecule has 0 saturated carbocycles. The fourth-order valence-electron chi connectivity index (χ4n) is 1.52. The highest BCUT2D eigenvalue weighted by atomic mass is 79.9. The molecule has 0 aliphatic rings. The predicted octanol–water partition coefficient (Wildman–Crippen LogP) is 3.25. The van der Waals surface area contributed by atoms with Crippen LogP contribution in [0.25, 0.3) is 0 Å². The predicted molar refractivity (Wildman–Crippen MR) is 60.8 cm³/mol. The van der Waals surface area contributed by atoms with E-state index in [4.69, 9.17) is 8.83 Å². The van der Waals surface area contributed by atoms with E-state index in [1.54, 1.807) is 6.26 Å². The van der Waals surface area contributed by atoms with E-state index in [9.17, 15) is 0 Å². The number of aryl methyl sites for hydroxylation is 1. The van der Waals surface area contributed by atoms with Gasteiger partial charge in [0.25, 0.3) is 0 Å². The van der Waals surface area contributed by atoms with Gasteiger partial charge in [0, 0.05) is 0 Å². The first-order chi connectivity index (χ1) is 7.22. The molecule has 0 bridgehead atoms. The Morgan fingerprint density at radius 1 is 1.33 bits per heavy atom. The van der Waals surface area contributed by atoms with Crippen molar-refractivity contribution in [2.24, 2.45) is 0 Å². The second-order valence-corrected chi connectivity index (χ2v) is 4.16. The number of halogens is 1. The molecular formula is C11H12BrNO2. The van der Waals surface area contributed by atoms with Crippen LogP contribution in [0.1, 0.15) is 23.3 Å². The first-order valence-corrected chi connectivity index (χ1v) is 5.48. The summed E-state index contributed by atoms with van der Waals surface area (Å²) in [5, 5.41) is 3.16. The molecule has 0 fully saturated rings. The van der Waals surface area contributed by atoms with E-state index in [-0.39, 0.29) is 6.04 Å². The van der Waals surface area contributed by atoms with Crippen molar-refractivity contribution in [3.05, 3.63) is 46.2 Å². The molecule has 0 aliphatic carbocycles. The molecule has 15 heavy (non-hydrogen) atoms. The lowest BCUT2D eigenvalue weighted by molar-refractivity contribution is 0.393. The van der Waals surface area contributed by atoms with Crippen LogP contribution in [0.15, 0.2) is 37.8 Å². The molecule has 4 heteroatoms. The molecule has 3 nitrogen and oxygen atoms in total. The Bertz CT molecular complexity index is 447. The van der Waals surface area contributed by atoms with Crippen LogP contribution < -0.4 is 5.32 Å². The third-order valence-electron chi connectivity index (χ3n) is 2.24. The summed E-state index contributed by atoms with van der Waals surface area (Å²) in [5.74, 6) is 2.57. The lowest BCUT2D eigenvalue weighted by Crippen LogP contribution is -2.16. The molecule has 0 radical (unpaired) electrons. The Balaban J connectivity index is 2.36. The van der Waals surface area contributed by atoms with Crippen molar-refractivity contribution in [2.75, 3.05) is 7.05 Å². The molecule has 2 aromatic heterocycles. The molecule has 0 aromatic carbocycles. The van der Waals surface area contributed by atoms with Gasteiger partial charge in [0.2, 0.25) is 0 Å². The lowest BCUT2D eigenvalue weighted by atomic mass is 10.2. The minimum atomic E-state index is -0.0527. The number of rotatable bonds is 3. The quantitative estimate of drug-likeness (QED) is 0.930. The van der Waals surface area contributed by atoms with Crippen molar-refractivity contribution in [3.63, 3.8) is 0 Å². The van der Waals surface area contributed by atoms with Crippen LogP contribution in [0.2, 0.25) is 0 Å². The van der Waals surface area contributed by atoms with Crippen molar-refractivity contribution in [1.82, 2.24) is 5.32 Å². The summed E-state index contributed by atoms with van der Waals surface area (Å²) in [4.78, 5) is 0. The van der Waals surface area contributed by atoms with Gasteiger partial charge in [-0.25, -0.2) is 0 Å². The average molecular weight is 270 g/mol. The fourth-order valence-corrected chi connectivity index (χ4v) is 1.95. The molecule has 1 atom stereocenters. The van der Waals surface area contributed by atoms with Gasteiger partial charge in [-0.3, -0.25) is 0 Å². The molecule has 80 valence electrons. The third-order valence-corrected chi connectivity index (χ3v) is 2.90.